The summed E-state index contributed by atoms with van der Waals surface area (Å²) < 4.78 is 14.1. The lowest BCUT2D eigenvalue weighted by molar-refractivity contribution is -0.124. The van der Waals surface area contributed by atoms with Crippen LogP contribution in [-0.4, -0.2) is 29.9 Å². The largest absolute Gasteiger partial charge is 0.309 e. The minimum Gasteiger partial charge on any atom is -0.309 e. The van der Waals surface area contributed by atoms with E-state index in [1.165, 1.54) is 15.8 Å². The number of carbonyl (C=O) groups excluding carboxylic acids is 2. The molecule has 1 aromatic carbocycles. The molecule has 1 aliphatic heterocycles. The van der Waals surface area contributed by atoms with Gasteiger partial charge in [-0.2, -0.15) is 0 Å². The van der Waals surface area contributed by atoms with Crippen LogP contribution in [0.5, 0.6) is 0 Å². The molecule has 1 aromatic heterocycles. The van der Waals surface area contributed by atoms with Crippen molar-refractivity contribution < 1.29 is 14.0 Å². The quantitative estimate of drug-likeness (QED) is 0.720. The zero-order valence-corrected chi connectivity index (χ0v) is 16.4. The first-order valence-electron chi connectivity index (χ1n) is 9.54. The van der Waals surface area contributed by atoms with Crippen molar-refractivity contribution in [1.29, 1.82) is 0 Å². The molecule has 4 rings (SSSR count). The standard InChI is InChI=1S/C21H22FN3O2S/c1-2-11-24(21-23-16-8-4-6-10-18(16)28-21)20(27)14-12-19(26)25(13-14)17-9-5-3-7-15(17)22/h2-3,5,7,9,14H,1,4,6,8,10-13H2. The Morgan fingerprint density at radius 3 is 2.89 bits per heavy atom. The van der Waals surface area contributed by atoms with E-state index < -0.39 is 11.7 Å². The van der Waals surface area contributed by atoms with Crippen molar-refractivity contribution in [2.75, 3.05) is 22.9 Å². The summed E-state index contributed by atoms with van der Waals surface area (Å²) in [4.78, 5) is 34.6. The van der Waals surface area contributed by atoms with Crippen LogP contribution in [0.25, 0.3) is 0 Å². The lowest BCUT2D eigenvalue weighted by atomic mass is 10.0. The lowest BCUT2D eigenvalue weighted by Crippen LogP contribution is -2.37. The van der Waals surface area contributed by atoms with Crippen LogP contribution >= 0.6 is 11.3 Å². The highest BCUT2D eigenvalue weighted by Gasteiger charge is 2.39. The third kappa shape index (κ3) is 3.46. The van der Waals surface area contributed by atoms with E-state index in [2.05, 4.69) is 11.6 Å². The van der Waals surface area contributed by atoms with Gasteiger partial charge < -0.3 is 4.90 Å². The first-order chi connectivity index (χ1) is 13.6. The van der Waals surface area contributed by atoms with E-state index in [1.54, 1.807) is 40.5 Å². The minimum atomic E-state index is -0.520. The van der Waals surface area contributed by atoms with Crippen LogP contribution in [0.1, 0.15) is 29.8 Å². The molecule has 7 heteroatoms. The molecule has 2 aliphatic rings. The van der Waals surface area contributed by atoms with Crippen LogP contribution in [0.2, 0.25) is 0 Å². The normalized spacial score (nSPS) is 18.8. The smallest absolute Gasteiger partial charge is 0.234 e. The van der Waals surface area contributed by atoms with E-state index in [0.717, 1.165) is 31.4 Å². The maximum Gasteiger partial charge on any atom is 0.234 e. The Bertz CT molecular complexity index is 903. The first kappa shape index (κ1) is 18.8. The lowest BCUT2D eigenvalue weighted by Gasteiger charge is -2.22. The van der Waals surface area contributed by atoms with Gasteiger partial charge in [0.1, 0.15) is 5.82 Å². The van der Waals surface area contributed by atoms with Gasteiger partial charge in [0.05, 0.1) is 17.3 Å². The number of halogens is 1. The van der Waals surface area contributed by atoms with Gasteiger partial charge in [-0.15, -0.1) is 17.9 Å². The van der Waals surface area contributed by atoms with Crippen molar-refractivity contribution in [3.05, 3.63) is 53.3 Å². The number of amides is 2. The van der Waals surface area contributed by atoms with Gasteiger partial charge in [-0.25, -0.2) is 9.37 Å². The Hall–Kier alpha value is -2.54. The van der Waals surface area contributed by atoms with Gasteiger partial charge in [-0.3, -0.25) is 14.5 Å². The van der Waals surface area contributed by atoms with Crippen LogP contribution < -0.4 is 9.80 Å². The molecular formula is C21H22FN3O2S. The fourth-order valence-corrected chi connectivity index (χ4v) is 5.00. The number of hydrogen-bond donors (Lipinski definition) is 0. The van der Waals surface area contributed by atoms with Crippen molar-refractivity contribution in [3.63, 3.8) is 0 Å². The number of benzene rings is 1. The van der Waals surface area contributed by atoms with Crippen LogP contribution in [-0.2, 0) is 22.4 Å². The number of fused-ring (bicyclic) bond motifs is 1. The Morgan fingerprint density at radius 1 is 1.36 bits per heavy atom. The summed E-state index contributed by atoms with van der Waals surface area (Å²) >= 11 is 1.56. The second-order valence-corrected chi connectivity index (χ2v) is 8.23. The van der Waals surface area contributed by atoms with E-state index in [-0.39, 0.29) is 30.5 Å². The monoisotopic (exact) mass is 399 g/mol. The number of rotatable bonds is 5. The fraction of sp³-hybridized carbons (Fsp3) is 0.381. The molecule has 1 unspecified atom stereocenters. The molecule has 1 aliphatic carbocycles. The summed E-state index contributed by atoms with van der Waals surface area (Å²) in [5, 5.41) is 0.675. The fourth-order valence-electron chi connectivity index (χ4n) is 3.84. The number of thiazole rings is 1. The van der Waals surface area contributed by atoms with Crippen molar-refractivity contribution in [2.24, 2.45) is 5.92 Å². The molecule has 0 spiro atoms. The van der Waals surface area contributed by atoms with E-state index >= 15 is 0 Å². The number of nitrogens with zero attached hydrogens (tertiary/aromatic N) is 3. The molecule has 0 N–H and O–H groups in total. The second-order valence-electron chi connectivity index (χ2n) is 7.17. The number of aromatic nitrogens is 1. The molecule has 2 heterocycles. The van der Waals surface area contributed by atoms with Gasteiger partial charge in [0, 0.05) is 24.4 Å². The molecule has 0 bridgehead atoms. The maximum atomic E-state index is 14.1. The highest BCUT2D eigenvalue weighted by atomic mass is 32.1. The van der Waals surface area contributed by atoms with Crippen molar-refractivity contribution in [1.82, 2.24) is 4.98 Å². The number of para-hydroxylation sites is 1. The number of hydrogen-bond acceptors (Lipinski definition) is 4. The Kier molecular flexibility index (Phi) is 5.26. The molecule has 2 aromatic rings. The minimum absolute atomic E-state index is 0.0753. The van der Waals surface area contributed by atoms with Crippen molar-refractivity contribution >= 4 is 34.0 Å². The van der Waals surface area contributed by atoms with Gasteiger partial charge in [-0.05, 0) is 37.8 Å². The number of aryl methyl sites for hydroxylation is 2. The van der Waals surface area contributed by atoms with Gasteiger partial charge in [0.2, 0.25) is 11.8 Å². The van der Waals surface area contributed by atoms with E-state index in [4.69, 9.17) is 0 Å². The third-order valence-electron chi connectivity index (χ3n) is 5.26. The highest BCUT2D eigenvalue weighted by Crippen LogP contribution is 2.34. The summed E-state index contributed by atoms with van der Waals surface area (Å²) in [6.45, 7) is 4.28. The molecule has 2 amide bonds. The maximum absolute atomic E-state index is 14.1. The molecule has 1 atom stereocenters. The summed E-state index contributed by atoms with van der Waals surface area (Å²) in [7, 11) is 0. The molecular weight excluding hydrogens is 377 g/mol. The Balaban J connectivity index is 1.56. The summed E-state index contributed by atoms with van der Waals surface area (Å²) in [6, 6.07) is 6.15. The highest BCUT2D eigenvalue weighted by molar-refractivity contribution is 7.16. The third-order valence-corrected chi connectivity index (χ3v) is 6.44. The number of carbonyl (C=O) groups is 2. The molecule has 1 fully saturated rings. The average Bonchev–Trinajstić information content (AvgIpc) is 3.29. The molecule has 0 saturated carbocycles. The van der Waals surface area contributed by atoms with E-state index in [1.807, 2.05) is 0 Å². The van der Waals surface area contributed by atoms with Crippen LogP contribution in [0.4, 0.5) is 15.2 Å². The summed E-state index contributed by atoms with van der Waals surface area (Å²) in [6.07, 6.45) is 5.98. The summed E-state index contributed by atoms with van der Waals surface area (Å²) in [5.41, 5.74) is 1.31. The summed E-state index contributed by atoms with van der Waals surface area (Å²) in [5.74, 6) is -1.37. The van der Waals surface area contributed by atoms with E-state index in [0.29, 0.717) is 11.7 Å². The van der Waals surface area contributed by atoms with Crippen molar-refractivity contribution in [3.8, 4) is 0 Å². The predicted molar refractivity (Wildman–Crippen MR) is 108 cm³/mol. The van der Waals surface area contributed by atoms with Gasteiger partial charge in [-0.1, -0.05) is 18.2 Å². The van der Waals surface area contributed by atoms with Crippen LogP contribution in [0.15, 0.2) is 36.9 Å². The van der Waals surface area contributed by atoms with Crippen molar-refractivity contribution in [2.45, 2.75) is 32.1 Å². The average molecular weight is 399 g/mol. The SMILES string of the molecule is C=CCN(C(=O)C1CC(=O)N(c2ccccc2F)C1)c1nc2c(s1)CCCC2. The Morgan fingerprint density at radius 2 is 2.14 bits per heavy atom. The van der Waals surface area contributed by atoms with Crippen LogP contribution in [0, 0.1) is 11.7 Å². The van der Waals surface area contributed by atoms with Crippen LogP contribution in [0.3, 0.4) is 0 Å². The van der Waals surface area contributed by atoms with Gasteiger partial charge in [0.15, 0.2) is 5.13 Å². The Labute approximate surface area is 167 Å². The van der Waals surface area contributed by atoms with Gasteiger partial charge in [0.25, 0.3) is 0 Å². The molecule has 28 heavy (non-hydrogen) atoms. The topological polar surface area (TPSA) is 53.5 Å². The zero-order chi connectivity index (χ0) is 19.7. The molecule has 0 radical (unpaired) electrons. The molecule has 146 valence electrons. The zero-order valence-electron chi connectivity index (χ0n) is 15.6. The van der Waals surface area contributed by atoms with Gasteiger partial charge >= 0.3 is 0 Å². The van der Waals surface area contributed by atoms with E-state index in [9.17, 15) is 14.0 Å². The number of anilines is 2. The molecule has 5 nitrogen and oxygen atoms in total. The molecule has 1 saturated heterocycles. The first-order valence-corrected chi connectivity index (χ1v) is 10.4. The second kappa shape index (κ2) is 7.83. The predicted octanol–water partition coefficient (Wildman–Crippen LogP) is 3.73.